The highest BCUT2D eigenvalue weighted by Gasteiger charge is 2.31. The minimum atomic E-state index is -0.00569. The van der Waals surface area contributed by atoms with E-state index in [0.29, 0.717) is 37.5 Å². The van der Waals surface area contributed by atoms with Crippen molar-refractivity contribution in [2.75, 3.05) is 6.61 Å². The van der Waals surface area contributed by atoms with Gasteiger partial charge in [-0.1, -0.05) is 59.1 Å². The maximum Gasteiger partial charge on any atom is 0.150 e. The molecule has 0 aromatic heterocycles. The lowest BCUT2D eigenvalue weighted by Crippen LogP contribution is -2.16. The van der Waals surface area contributed by atoms with Gasteiger partial charge in [0.25, 0.3) is 0 Å². The molecule has 4 nitrogen and oxygen atoms in total. The third-order valence-electron chi connectivity index (χ3n) is 7.18. The van der Waals surface area contributed by atoms with E-state index in [2.05, 4.69) is 0 Å². The number of benzene rings is 3. The first-order valence-electron chi connectivity index (χ1n) is 12.3. The number of carbonyl (C=O) groups excluding carboxylic acids is 1. The van der Waals surface area contributed by atoms with Crippen molar-refractivity contribution < 1.29 is 14.6 Å². The van der Waals surface area contributed by atoms with Gasteiger partial charge in [-0.25, -0.2) is 0 Å². The summed E-state index contributed by atoms with van der Waals surface area (Å²) in [6.45, 7) is -0.00569. The summed E-state index contributed by atoms with van der Waals surface area (Å²) in [6, 6.07) is 16.6. The Morgan fingerprint density at radius 2 is 1.73 bits per heavy atom. The van der Waals surface area contributed by atoms with Crippen LogP contribution >= 0.6 is 34.8 Å². The summed E-state index contributed by atoms with van der Waals surface area (Å²) in [5.74, 6) is 1.02. The molecule has 2 N–H and O–H groups in total. The molecule has 7 heteroatoms. The second-order valence-corrected chi connectivity index (χ2v) is 10.9. The first-order valence-corrected chi connectivity index (χ1v) is 13.4. The van der Waals surface area contributed by atoms with E-state index >= 15 is 0 Å². The van der Waals surface area contributed by atoms with Gasteiger partial charge in [-0.2, -0.15) is 0 Å². The number of rotatable bonds is 8. The topological polar surface area (TPSA) is 70.4 Å². The van der Waals surface area contributed by atoms with Crippen molar-refractivity contribution in [3.05, 3.63) is 109 Å². The predicted octanol–water partition coefficient (Wildman–Crippen LogP) is 8.40. The fraction of sp³-hybridized carbons (Fsp3) is 0.267. The van der Waals surface area contributed by atoms with Crippen molar-refractivity contribution in [1.82, 2.24) is 0 Å². The molecule has 1 unspecified atom stereocenters. The van der Waals surface area contributed by atoms with Crippen molar-refractivity contribution in [1.29, 1.82) is 5.41 Å². The number of aryl methyl sites for hydroxylation is 1. The molecule has 2 aliphatic rings. The van der Waals surface area contributed by atoms with Crippen molar-refractivity contribution in [2.24, 2.45) is 5.92 Å². The zero-order valence-electron chi connectivity index (χ0n) is 20.1. The molecule has 37 heavy (non-hydrogen) atoms. The van der Waals surface area contributed by atoms with E-state index in [1.807, 2.05) is 30.3 Å². The highest BCUT2D eigenvalue weighted by Crippen LogP contribution is 2.40. The van der Waals surface area contributed by atoms with Crippen molar-refractivity contribution in [3.8, 4) is 5.75 Å². The van der Waals surface area contributed by atoms with Crippen LogP contribution in [0.4, 0.5) is 0 Å². The molecular formula is C30H26Cl3NO3. The van der Waals surface area contributed by atoms with Crippen LogP contribution in [0.15, 0.2) is 65.9 Å². The zero-order valence-corrected chi connectivity index (χ0v) is 22.3. The lowest BCUT2D eigenvalue weighted by molar-refractivity contribution is 0.112. The first kappa shape index (κ1) is 25.8. The van der Waals surface area contributed by atoms with E-state index in [1.165, 1.54) is 11.1 Å². The lowest BCUT2D eigenvalue weighted by Gasteiger charge is -2.26. The second-order valence-electron chi connectivity index (χ2n) is 9.67. The van der Waals surface area contributed by atoms with Gasteiger partial charge < -0.3 is 9.84 Å². The fourth-order valence-electron chi connectivity index (χ4n) is 4.96. The van der Waals surface area contributed by atoms with E-state index in [0.717, 1.165) is 44.0 Å². The number of nitrogens with one attached hydrogen (secondary N) is 1. The first-order chi connectivity index (χ1) is 17.9. The average Bonchev–Trinajstić information content (AvgIpc) is 3.74. The van der Waals surface area contributed by atoms with Crippen LogP contribution in [-0.4, -0.2) is 23.7 Å². The molecule has 3 aromatic rings. The molecule has 3 aromatic carbocycles. The number of allylic oxidation sites excluding steroid dienone is 1. The molecule has 0 aliphatic heterocycles. The van der Waals surface area contributed by atoms with Crippen LogP contribution in [-0.2, 0) is 12.8 Å². The van der Waals surface area contributed by atoms with E-state index in [1.54, 1.807) is 24.3 Å². The van der Waals surface area contributed by atoms with Gasteiger partial charge in [-0.15, -0.1) is 0 Å². The summed E-state index contributed by atoms with van der Waals surface area (Å²) in [4.78, 5) is 11.1. The Kier molecular flexibility index (Phi) is 7.62. The summed E-state index contributed by atoms with van der Waals surface area (Å²) >= 11 is 19.4. The summed E-state index contributed by atoms with van der Waals surface area (Å²) < 4.78 is 6.03. The van der Waals surface area contributed by atoms with Crippen LogP contribution in [0.3, 0.4) is 0 Å². The van der Waals surface area contributed by atoms with Crippen LogP contribution in [0.1, 0.15) is 57.8 Å². The Bertz CT molecular complexity index is 1390. The number of hydrogen-bond acceptors (Lipinski definition) is 4. The highest BCUT2D eigenvalue weighted by atomic mass is 35.5. The van der Waals surface area contributed by atoms with Crippen LogP contribution < -0.4 is 4.74 Å². The fourth-order valence-corrected chi connectivity index (χ4v) is 5.87. The standard InChI is InChI=1S/C30H26Cl3NO3/c31-25-2-1-3-26(32)28(25)29(34)24(30(36)18-6-7-18)16-37-22-10-11-23(27(33)14-22)21-9-8-19-12-17(15-35)4-5-20(19)13-21/h1-5,10-12,14-15,18,21,34,36H,6-9,13,16H2/b30-24-,34-29?. The number of fused-ring (bicyclic) bond motifs is 1. The lowest BCUT2D eigenvalue weighted by atomic mass is 9.80. The average molecular weight is 555 g/mol. The number of aldehydes is 1. The molecular weight excluding hydrogens is 529 g/mol. The summed E-state index contributed by atoms with van der Waals surface area (Å²) in [5, 5.41) is 20.9. The monoisotopic (exact) mass is 553 g/mol. The third-order valence-corrected chi connectivity index (χ3v) is 8.13. The number of ether oxygens (including phenoxy) is 1. The van der Waals surface area contributed by atoms with Crippen molar-refractivity contribution >= 4 is 46.8 Å². The highest BCUT2D eigenvalue weighted by molar-refractivity contribution is 6.41. The molecule has 0 bridgehead atoms. The van der Waals surface area contributed by atoms with E-state index in [-0.39, 0.29) is 29.9 Å². The Balaban J connectivity index is 1.33. The van der Waals surface area contributed by atoms with Gasteiger partial charge in [0, 0.05) is 22.1 Å². The molecule has 2 aliphatic carbocycles. The predicted molar refractivity (Wildman–Crippen MR) is 149 cm³/mol. The van der Waals surface area contributed by atoms with E-state index in [4.69, 9.17) is 44.9 Å². The van der Waals surface area contributed by atoms with E-state index < -0.39 is 0 Å². The quantitative estimate of drug-likeness (QED) is 0.167. The number of aliphatic hydroxyl groups is 1. The smallest absolute Gasteiger partial charge is 0.150 e. The zero-order chi connectivity index (χ0) is 26.1. The Morgan fingerprint density at radius 3 is 2.41 bits per heavy atom. The van der Waals surface area contributed by atoms with Crippen LogP contribution in [0.2, 0.25) is 15.1 Å². The number of carbonyl (C=O) groups is 1. The largest absolute Gasteiger partial charge is 0.512 e. The molecule has 190 valence electrons. The van der Waals surface area contributed by atoms with Crippen LogP contribution in [0, 0.1) is 11.3 Å². The van der Waals surface area contributed by atoms with Gasteiger partial charge in [-0.05, 0) is 85.0 Å². The SMILES string of the molecule is N=C(/C(COc1ccc(C2CCc3cc(C=O)ccc3C2)c(Cl)c1)=C(\O)C1CC1)c1c(Cl)cccc1Cl. The maximum atomic E-state index is 11.1. The molecule has 1 saturated carbocycles. The van der Waals surface area contributed by atoms with E-state index in [9.17, 15) is 9.90 Å². The number of aliphatic hydroxyl groups excluding tert-OH is 1. The molecule has 1 atom stereocenters. The van der Waals surface area contributed by atoms with Gasteiger partial charge in [0.2, 0.25) is 0 Å². The van der Waals surface area contributed by atoms with Crippen molar-refractivity contribution in [2.45, 2.75) is 38.0 Å². The van der Waals surface area contributed by atoms with Gasteiger partial charge in [0.05, 0.1) is 21.3 Å². The molecule has 0 radical (unpaired) electrons. The third kappa shape index (κ3) is 5.57. The molecule has 0 heterocycles. The normalized spacial score (nSPS) is 17.5. The minimum absolute atomic E-state index is 0.00569. The Labute approximate surface area is 231 Å². The van der Waals surface area contributed by atoms with Gasteiger partial charge in [-0.3, -0.25) is 10.2 Å². The number of hydrogen-bond donors (Lipinski definition) is 2. The van der Waals surface area contributed by atoms with Gasteiger partial charge in [0.1, 0.15) is 24.4 Å². The Morgan fingerprint density at radius 1 is 0.973 bits per heavy atom. The molecule has 5 rings (SSSR count). The maximum absolute atomic E-state index is 11.1. The number of halogens is 3. The summed E-state index contributed by atoms with van der Waals surface area (Å²) in [7, 11) is 0. The molecule has 0 amide bonds. The van der Waals surface area contributed by atoms with Gasteiger partial charge >= 0.3 is 0 Å². The minimum Gasteiger partial charge on any atom is -0.512 e. The molecule has 0 spiro atoms. The van der Waals surface area contributed by atoms with Crippen LogP contribution in [0.25, 0.3) is 0 Å². The Hall–Kier alpha value is -2.79. The molecule has 0 saturated heterocycles. The van der Waals surface area contributed by atoms with Crippen molar-refractivity contribution in [3.63, 3.8) is 0 Å². The summed E-state index contributed by atoms with van der Waals surface area (Å²) in [5.41, 5.74) is 5.06. The van der Waals surface area contributed by atoms with Crippen LogP contribution in [0.5, 0.6) is 5.75 Å². The molecule has 1 fully saturated rings. The second kappa shape index (κ2) is 10.9. The summed E-state index contributed by atoms with van der Waals surface area (Å²) in [6.07, 6.45) is 5.36. The van der Waals surface area contributed by atoms with Gasteiger partial charge in [0.15, 0.2) is 0 Å².